The molecule has 0 atom stereocenters. The van der Waals surface area contributed by atoms with E-state index in [0.29, 0.717) is 0 Å². The van der Waals surface area contributed by atoms with Gasteiger partial charge in [-0.05, 0) is 42.5 Å². The van der Waals surface area contributed by atoms with E-state index in [0.717, 1.165) is 12.8 Å². The number of rotatable bonds is 0. The Morgan fingerprint density at radius 3 is 3.06 bits per heavy atom. The van der Waals surface area contributed by atoms with Crippen LogP contribution in [0.25, 0.3) is 22.3 Å². The van der Waals surface area contributed by atoms with Crippen molar-refractivity contribution >= 4 is 10.9 Å². The number of H-pyrrole nitrogens is 2. The molecule has 0 spiro atoms. The summed E-state index contributed by atoms with van der Waals surface area (Å²) in [6.07, 6.45) is 4.12. The maximum absolute atomic E-state index is 4.15. The highest BCUT2D eigenvalue weighted by Gasteiger charge is 2.21. The second-order valence-corrected chi connectivity index (χ2v) is 4.80. The first kappa shape index (κ1) is 9.05. The average molecular weight is 223 g/mol. The van der Waals surface area contributed by atoms with Crippen LogP contribution in [0.1, 0.15) is 16.7 Å². The van der Waals surface area contributed by atoms with Crippen molar-refractivity contribution in [3.05, 3.63) is 41.1 Å². The number of hydrogen-bond donors (Lipinski definition) is 2. The smallest absolute Gasteiger partial charge is 0.0847 e. The van der Waals surface area contributed by atoms with E-state index in [1.807, 2.05) is 6.20 Å². The van der Waals surface area contributed by atoms with Crippen molar-refractivity contribution in [3.8, 4) is 11.4 Å². The van der Waals surface area contributed by atoms with Crippen LogP contribution in [-0.2, 0) is 12.8 Å². The molecular formula is C14H13N3. The van der Waals surface area contributed by atoms with Crippen LogP contribution in [-0.4, -0.2) is 15.2 Å². The fourth-order valence-electron chi connectivity index (χ4n) is 2.82. The average Bonchev–Trinajstić information content (AvgIpc) is 2.90. The van der Waals surface area contributed by atoms with Gasteiger partial charge in [0.2, 0.25) is 0 Å². The number of hydrogen-bond acceptors (Lipinski definition) is 1. The Kier molecular flexibility index (Phi) is 1.60. The summed E-state index contributed by atoms with van der Waals surface area (Å²) >= 11 is 0. The van der Waals surface area contributed by atoms with E-state index in [1.54, 1.807) is 0 Å². The lowest BCUT2D eigenvalue weighted by Crippen LogP contribution is -2.00. The van der Waals surface area contributed by atoms with E-state index >= 15 is 0 Å². The molecule has 1 aliphatic carbocycles. The standard InChI is InChI=1S/C14H13N3/c1-8-2-4-10-11-5-3-9-7-15-17-13(9)14(11)16-12(10)6-8/h2,4,6-7,16H,3,5H2,1H3,(H,15,17). The molecule has 0 aliphatic heterocycles. The van der Waals surface area contributed by atoms with E-state index in [1.165, 1.54) is 39.0 Å². The van der Waals surface area contributed by atoms with Gasteiger partial charge in [0.1, 0.15) is 0 Å². The lowest BCUT2D eigenvalue weighted by molar-refractivity contribution is 0.947. The van der Waals surface area contributed by atoms with Gasteiger partial charge in [-0.1, -0.05) is 12.1 Å². The van der Waals surface area contributed by atoms with Crippen molar-refractivity contribution in [3.63, 3.8) is 0 Å². The van der Waals surface area contributed by atoms with Crippen molar-refractivity contribution in [1.29, 1.82) is 0 Å². The van der Waals surface area contributed by atoms with Crippen LogP contribution in [0.15, 0.2) is 24.4 Å². The molecule has 3 nitrogen and oxygen atoms in total. The molecule has 2 heterocycles. The van der Waals surface area contributed by atoms with Crippen LogP contribution in [0.5, 0.6) is 0 Å². The van der Waals surface area contributed by atoms with E-state index < -0.39 is 0 Å². The molecule has 0 bridgehead atoms. The van der Waals surface area contributed by atoms with Gasteiger partial charge in [-0.25, -0.2) is 0 Å². The molecule has 3 aromatic rings. The lowest BCUT2D eigenvalue weighted by atomic mass is 9.94. The van der Waals surface area contributed by atoms with Crippen LogP contribution < -0.4 is 0 Å². The Morgan fingerprint density at radius 1 is 1.18 bits per heavy atom. The van der Waals surface area contributed by atoms with Gasteiger partial charge in [-0.3, -0.25) is 5.10 Å². The number of nitrogens with zero attached hydrogens (tertiary/aromatic N) is 1. The van der Waals surface area contributed by atoms with Crippen LogP contribution in [0.4, 0.5) is 0 Å². The summed E-state index contributed by atoms with van der Waals surface area (Å²) in [5, 5.41) is 8.61. The highest BCUT2D eigenvalue weighted by Crippen LogP contribution is 2.36. The zero-order chi connectivity index (χ0) is 11.4. The summed E-state index contributed by atoms with van der Waals surface area (Å²) in [4.78, 5) is 3.53. The Hall–Kier alpha value is -2.03. The normalized spacial score (nSPS) is 13.7. The summed E-state index contributed by atoms with van der Waals surface area (Å²) in [7, 11) is 0. The van der Waals surface area contributed by atoms with Gasteiger partial charge in [0.25, 0.3) is 0 Å². The first-order valence-corrected chi connectivity index (χ1v) is 5.97. The molecule has 4 rings (SSSR count). The molecule has 2 aromatic heterocycles. The van der Waals surface area contributed by atoms with Crippen molar-refractivity contribution in [2.75, 3.05) is 0 Å². The van der Waals surface area contributed by atoms with Crippen LogP contribution in [0.2, 0.25) is 0 Å². The molecule has 17 heavy (non-hydrogen) atoms. The van der Waals surface area contributed by atoms with E-state index in [-0.39, 0.29) is 0 Å². The summed E-state index contributed by atoms with van der Waals surface area (Å²) in [5.41, 5.74) is 7.67. The second kappa shape index (κ2) is 3.00. The fourth-order valence-corrected chi connectivity index (χ4v) is 2.82. The minimum absolute atomic E-state index is 1.08. The molecule has 0 unspecified atom stereocenters. The van der Waals surface area contributed by atoms with Gasteiger partial charge in [-0.2, -0.15) is 5.10 Å². The minimum Gasteiger partial charge on any atom is -0.353 e. The van der Waals surface area contributed by atoms with E-state index in [9.17, 15) is 0 Å². The summed E-state index contributed by atoms with van der Waals surface area (Å²) < 4.78 is 0. The number of nitrogens with one attached hydrogen (secondary N) is 2. The predicted molar refractivity (Wildman–Crippen MR) is 68.0 cm³/mol. The third-order valence-corrected chi connectivity index (χ3v) is 3.67. The second-order valence-electron chi connectivity index (χ2n) is 4.80. The molecule has 0 radical (unpaired) electrons. The highest BCUT2D eigenvalue weighted by molar-refractivity contribution is 5.91. The van der Waals surface area contributed by atoms with Gasteiger partial charge in [0.05, 0.1) is 17.6 Å². The number of aromatic nitrogens is 3. The first-order chi connectivity index (χ1) is 8.33. The third kappa shape index (κ3) is 1.14. The summed E-state index contributed by atoms with van der Waals surface area (Å²) in [5.74, 6) is 0. The van der Waals surface area contributed by atoms with Gasteiger partial charge < -0.3 is 4.98 Å². The minimum atomic E-state index is 1.08. The summed E-state index contributed by atoms with van der Waals surface area (Å²) in [6, 6.07) is 6.62. The van der Waals surface area contributed by atoms with Crippen LogP contribution >= 0.6 is 0 Å². The maximum Gasteiger partial charge on any atom is 0.0847 e. The van der Waals surface area contributed by atoms with Crippen molar-refractivity contribution in [2.45, 2.75) is 19.8 Å². The van der Waals surface area contributed by atoms with Gasteiger partial charge >= 0.3 is 0 Å². The topological polar surface area (TPSA) is 44.5 Å². The zero-order valence-corrected chi connectivity index (χ0v) is 9.67. The quantitative estimate of drug-likeness (QED) is 0.604. The maximum atomic E-state index is 4.15. The molecule has 0 fully saturated rings. The number of aryl methyl sites for hydroxylation is 3. The van der Waals surface area contributed by atoms with E-state index in [2.05, 4.69) is 40.3 Å². The number of benzene rings is 1. The van der Waals surface area contributed by atoms with Crippen molar-refractivity contribution in [2.24, 2.45) is 0 Å². The Labute approximate surface area is 98.9 Å². The SMILES string of the molecule is Cc1ccc2c3c([nH]c2c1)-c1[nH]ncc1CC3. The molecular weight excluding hydrogens is 210 g/mol. The van der Waals surface area contributed by atoms with Crippen LogP contribution in [0, 0.1) is 6.92 Å². The van der Waals surface area contributed by atoms with Crippen molar-refractivity contribution < 1.29 is 0 Å². The lowest BCUT2D eigenvalue weighted by Gasteiger charge is -2.11. The monoisotopic (exact) mass is 223 g/mol. The van der Waals surface area contributed by atoms with Gasteiger partial charge in [0.15, 0.2) is 0 Å². The van der Waals surface area contributed by atoms with Gasteiger partial charge in [0, 0.05) is 10.9 Å². The Balaban J connectivity index is 2.10. The van der Waals surface area contributed by atoms with E-state index in [4.69, 9.17) is 0 Å². The Morgan fingerprint density at radius 2 is 2.12 bits per heavy atom. The number of fused-ring (bicyclic) bond motifs is 5. The summed E-state index contributed by atoms with van der Waals surface area (Å²) in [6.45, 7) is 2.13. The third-order valence-electron chi connectivity index (χ3n) is 3.67. The van der Waals surface area contributed by atoms with Crippen LogP contribution in [0.3, 0.4) is 0 Å². The molecule has 0 amide bonds. The molecule has 2 N–H and O–H groups in total. The molecule has 0 saturated heterocycles. The Bertz CT molecular complexity index is 718. The van der Waals surface area contributed by atoms with Crippen molar-refractivity contribution in [1.82, 2.24) is 15.2 Å². The molecule has 0 saturated carbocycles. The molecule has 84 valence electrons. The largest absolute Gasteiger partial charge is 0.353 e. The molecule has 3 heteroatoms. The highest BCUT2D eigenvalue weighted by atomic mass is 15.1. The fraction of sp³-hybridized carbons (Fsp3) is 0.214. The molecule has 1 aliphatic rings. The number of aromatic amines is 2. The first-order valence-electron chi connectivity index (χ1n) is 5.97. The molecule has 1 aromatic carbocycles. The zero-order valence-electron chi connectivity index (χ0n) is 9.67. The van der Waals surface area contributed by atoms with Gasteiger partial charge in [-0.15, -0.1) is 0 Å². The predicted octanol–water partition coefficient (Wildman–Crippen LogP) is 2.97.